The Kier molecular flexibility index (Phi) is 3.62. The topological polar surface area (TPSA) is 55.8 Å². The maximum absolute atomic E-state index is 11.8. The van der Waals surface area contributed by atoms with Gasteiger partial charge in [-0.1, -0.05) is 24.3 Å². The van der Waals surface area contributed by atoms with Gasteiger partial charge in [-0.05, 0) is 36.2 Å². The van der Waals surface area contributed by atoms with Crippen molar-refractivity contribution in [3.05, 3.63) is 64.7 Å². The highest BCUT2D eigenvalue weighted by Crippen LogP contribution is 2.36. The first-order valence-electron chi connectivity index (χ1n) is 6.90. The standard InChI is InChI=1S/C17H16O4/c1-2-20-17(19)11-7-8-15-14(9-11)16(18)13-6-4-3-5-12(13)10-21-15/h3-9,16,18H,2,10H2,1H3. The number of rotatable bonds is 2. The van der Waals surface area contributed by atoms with E-state index in [1.54, 1.807) is 25.1 Å². The summed E-state index contributed by atoms with van der Waals surface area (Å²) in [5.74, 6) is 0.191. The molecule has 3 rings (SSSR count). The van der Waals surface area contributed by atoms with Crippen molar-refractivity contribution in [3.8, 4) is 5.75 Å². The van der Waals surface area contributed by atoms with Crippen molar-refractivity contribution >= 4 is 5.97 Å². The first kappa shape index (κ1) is 13.6. The fraction of sp³-hybridized carbons (Fsp3) is 0.235. The number of fused-ring (bicyclic) bond motifs is 2. The van der Waals surface area contributed by atoms with Gasteiger partial charge in [0, 0.05) is 5.56 Å². The van der Waals surface area contributed by atoms with E-state index in [1.807, 2.05) is 24.3 Å². The summed E-state index contributed by atoms with van der Waals surface area (Å²) in [6, 6.07) is 12.6. The lowest BCUT2D eigenvalue weighted by atomic mass is 9.96. The zero-order chi connectivity index (χ0) is 14.8. The van der Waals surface area contributed by atoms with Crippen LogP contribution in [0.5, 0.6) is 5.75 Å². The predicted molar refractivity (Wildman–Crippen MR) is 77.2 cm³/mol. The molecule has 0 saturated carbocycles. The van der Waals surface area contributed by atoms with Gasteiger partial charge in [0.15, 0.2) is 0 Å². The molecule has 1 N–H and O–H groups in total. The van der Waals surface area contributed by atoms with Gasteiger partial charge < -0.3 is 14.6 Å². The average molecular weight is 284 g/mol. The quantitative estimate of drug-likeness (QED) is 0.862. The second-order valence-electron chi connectivity index (χ2n) is 4.86. The zero-order valence-corrected chi connectivity index (χ0v) is 11.7. The Morgan fingerprint density at radius 2 is 2.10 bits per heavy atom. The molecule has 2 aromatic rings. The van der Waals surface area contributed by atoms with Crippen molar-refractivity contribution in [1.29, 1.82) is 0 Å². The van der Waals surface area contributed by atoms with E-state index in [9.17, 15) is 9.90 Å². The van der Waals surface area contributed by atoms with Crippen molar-refractivity contribution < 1.29 is 19.4 Å². The van der Waals surface area contributed by atoms with Gasteiger partial charge in [-0.2, -0.15) is 0 Å². The summed E-state index contributed by atoms with van der Waals surface area (Å²) in [5, 5.41) is 10.6. The molecule has 0 saturated heterocycles. The number of ether oxygens (including phenoxy) is 2. The van der Waals surface area contributed by atoms with Crippen LogP contribution in [0.15, 0.2) is 42.5 Å². The van der Waals surface area contributed by atoms with Crippen LogP contribution in [-0.4, -0.2) is 17.7 Å². The van der Waals surface area contributed by atoms with Crippen molar-refractivity contribution in [2.75, 3.05) is 6.61 Å². The normalized spacial score (nSPS) is 16.2. The van der Waals surface area contributed by atoms with Crippen LogP contribution in [0.25, 0.3) is 0 Å². The molecule has 0 radical (unpaired) electrons. The minimum atomic E-state index is -0.812. The summed E-state index contributed by atoms with van der Waals surface area (Å²) in [4.78, 5) is 11.8. The number of carbonyl (C=O) groups is 1. The molecule has 4 heteroatoms. The number of benzene rings is 2. The molecule has 1 aliphatic heterocycles. The van der Waals surface area contributed by atoms with Gasteiger partial charge in [-0.15, -0.1) is 0 Å². The van der Waals surface area contributed by atoms with E-state index in [0.29, 0.717) is 30.1 Å². The molecule has 1 unspecified atom stereocenters. The Balaban J connectivity index is 2.04. The average Bonchev–Trinajstić information content (AvgIpc) is 2.65. The third kappa shape index (κ3) is 2.50. The molecular weight excluding hydrogens is 268 g/mol. The fourth-order valence-electron chi connectivity index (χ4n) is 2.49. The smallest absolute Gasteiger partial charge is 0.338 e. The monoisotopic (exact) mass is 284 g/mol. The van der Waals surface area contributed by atoms with E-state index in [0.717, 1.165) is 11.1 Å². The van der Waals surface area contributed by atoms with E-state index >= 15 is 0 Å². The third-order valence-corrected chi connectivity index (χ3v) is 3.55. The Labute approximate surface area is 122 Å². The molecule has 21 heavy (non-hydrogen) atoms. The minimum absolute atomic E-state index is 0.317. The van der Waals surface area contributed by atoms with Crippen molar-refractivity contribution in [3.63, 3.8) is 0 Å². The van der Waals surface area contributed by atoms with Gasteiger partial charge in [0.05, 0.1) is 12.2 Å². The number of esters is 1. The molecule has 1 atom stereocenters. The van der Waals surface area contributed by atoms with Crippen molar-refractivity contribution in [1.82, 2.24) is 0 Å². The van der Waals surface area contributed by atoms with E-state index in [4.69, 9.17) is 9.47 Å². The van der Waals surface area contributed by atoms with Gasteiger partial charge in [-0.25, -0.2) is 4.79 Å². The Hall–Kier alpha value is -2.33. The summed E-state index contributed by atoms with van der Waals surface area (Å²) >= 11 is 0. The SMILES string of the molecule is CCOC(=O)c1ccc2c(c1)C(O)c1ccccc1CO2. The van der Waals surface area contributed by atoms with Crippen LogP contribution in [0.1, 0.15) is 40.1 Å². The molecule has 1 heterocycles. The van der Waals surface area contributed by atoms with Crippen molar-refractivity contribution in [2.24, 2.45) is 0 Å². The first-order valence-corrected chi connectivity index (χ1v) is 6.90. The lowest BCUT2D eigenvalue weighted by Gasteiger charge is -2.14. The van der Waals surface area contributed by atoms with Crippen LogP contribution in [-0.2, 0) is 11.3 Å². The summed E-state index contributed by atoms with van der Waals surface area (Å²) in [7, 11) is 0. The first-order chi connectivity index (χ1) is 10.2. The third-order valence-electron chi connectivity index (χ3n) is 3.55. The zero-order valence-electron chi connectivity index (χ0n) is 11.7. The van der Waals surface area contributed by atoms with Crippen LogP contribution in [0.4, 0.5) is 0 Å². The molecule has 0 amide bonds. The number of aliphatic hydroxyl groups excluding tert-OH is 1. The molecule has 1 aliphatic rings. The van der Waals surface area contributed by atoms with Crippen LogP contribution < -0.4 is 4.74 Å². The number of carbonyl (C=O) groups excluding carboxylic acids is 1. The van der Waals surface area contributed by atoms with Crippen molar-refractivity contribution in [2.45, 2.75) is 19.6 Å². The summed E-state index contributed by atoms with van der Waals surface area (Å²) in [6.45, 7) is 2.48. The van der Waals surface area contributed by atoms with Crippen LogP contribution in [0, 0.1) is 0 Å². The van der Waals surface area contributed by atoms with Crippen LogP contribution in [0.2, 0.25) is 0 Å². The maximum atomic E-state index is 11.8. The molecule has 108 valence electrons. The highest BCUT2D eigenvalue weighted by Gasteiger charge is 2.23. The number of aliphatic hydroxyl groups is 1. The van der Waals surface area contributed by atoms with Gasteiger partial charge in [0.25, 0.3) is 0 Å². The second kappa shape index (κ2) is 5.58. The summed E-state index contributed by atoms with van der Waals surface area (Å²) < 4.78 is 10.7. The molecule has 2 aromatic carbocycles. The van der Waals surface area contributed by atoms with Crippen LogP contribution in [0.3, 0.4) is 0 Å². The number of hydrogen-bond acceptors (Lipinski definition) is 4. The van der Waals surface area contributed by atoms with Gasteiger partial charge >= 0.3 is 5.97 Å². The molecule has 0 bridgehead atoms. The van der Waals surface area contributed by atoms with E-state index in [-0.39, 0.29) is 0 Å². The minimum Gasteiger partial charge on any atom is -0.488 e. The highest BCUT2D eigenvalue weighted by atomic mass is 16.5. The largest absolute Gasteiger partial charge is 0.488 e. The van der Waals surface area contributed by atoms with E-state index in [2.05, 4.69) is 0 Å². The molecule has 0 aromatic heterocycles. The van der Waals surface area contributed by atoms with Gasteiger partial charge in [0.1, 0.15) is 18.5 Å². The van der Waals surface area contributed by atoms with Gasteiger partial charge in [0.2, 0.25) is 0 Å². The Morgan fingerprint density at radius 3 is 2.90 bits per heavy atom. The molecule has 0 aliphatic carbocycles. The summed E-state index contributed by atoms with van der Waals surface area (Å²) in [5.41, 5.74) is 2.75. The number of hydrogen-bond donors (Lipinski definition) is 1. The highest BCUT2D eigenvalue weighted by molar-refractivity contribution is 5.90. The van der Waals surface area contributed by atoms with E-state index < -0.39 is 12.1 Å². The molecule has 0 fully saturated rings. The van der Waals surface area contributed by atoms with Crippen LogP contribution >= 0.6 is 0 Å². The molecule has 4 nitrogen and oxygen atoms in total. The second-order valence-corrected chi connectivity index (χ2v) is 4.86. The van der Waals surface area contributed by atoms with Gasteiger partial charge in [-0.3, -0.25) is 0 Å². The molecular formula is C17H16O4. The lowest BCUT2D eigenvalue weighted by molar-refractivity contribution is 0.0526. The van der Waals surface area contributed by atoms with E-state index in [1.165, 1.54) is 0 Å². The summed E-state index contributed by atoms with van der Waals surface area (Å²) in [6.07, 6.45) is -0.812. The predicted octanol–water partition coefficient (Wildman–Crippen LogP) is 2.84. The fourth-order valence-corrected chi connectivity index (χ4v) is 2.49. The Bertz CT molecular complexity index is 678. The lowest BCUT2D eigenvalue weighted by Crippen LogP contribution is -2.07. The Morgan fingerprint density at radius 1 is 1.29 bits per heavy atom. The molecule has 0 spiro atoms. The maximum Gasteiger partial charge on any atom is 0.338 e.